The van der Waals surface area contributed by atoms with Gasteiger partial charge in [-0.25, -0.2) is 0 Å². The first-order chi connectivity index (χ1) is 10.6. The highest BCUT2D eigenvalue weighted by molar-refractivity contribution is 5.84. The van der Waals surface area contributed by atoms with Crippen molar-refractivity contribution in [3.05, 3.63) is 18.5 Å². The van der Waals surface area contributed by atoms with Gasteiger partial charge in [-0.05, 0) is 65.0 Å². The van der Waals surface area contributed by atoms with Crippen LogP contribution in [0.2, 0.25) is 0 Å². The van der Waals surface area contributed by atoms with Crippen LogP contribution in [0, 0.1) is 0 Å². The second kappa shape index (κ2) is 6.38. The van der Waals surface area contributed by atoms with Crippen molar-refractivity contribution in [2.45, 2.75) is 37.3 Å². The van der Waals surface area contributed by atoms with Crippen molar-refractivity contribution < 1.29 is 4.79 Å². The minimum absolute atomic E-state index is 0.229. The number of hydrogen-bond donors (Lipinski definition) is 1. The number of aromatic nitrogens is 2. The molecule has 6 heteroatoms. The van der Waals surface area contributed by atoms with E-state index in [-0.39, 0.29) is 5.91 Å². The van der Waals surface area contributed by atoms with Crippen molar-refractivity contribution in [2.24, 2.45) is 0 Å². The van der Waals surface area contributed by atoms with E-state index in [1.807, 2.05) is 28.9 Å². The molecule has 0 radical (unpaired) electrons. The number of rotatable bonds is 3. The normalized spacial score (nSPS) is 23.4. The smallest absolute Gasteiger partial charge is 0.250 e. The molecular formula is C16H27N5O. The van der Waals surface area contributed by atoms with E-state index in [1.54, 1.807) is 6.20 Å². The molecule has 0 aromatic carbocycles. The zero-order valence-corrected chi connectivity index (χ0v) is 13.7. The topological polar surface area (TPSA) is 53.4 Å². The second-order valence-corrected chi connectivity index (χ2v) is 6.68. The van der Waals surface area contributed by atoms with Crippen molar-refractivity contribution in [3.8, 4) is 0 Å². The highest BCUT2D eigenvalue weighted by atomic mass is 16.2. The molecule has 1 aromatic heterocycles. The summed E-state index contributed by atoms with van der Waals surface area (Å²) >= 11 is 0. The second-order valence-electron chi connectivity index (χ2n) is 6.68. The molecule has 6 nitrogen and oxygen atoms in total. The van der Waals surface area contributed by atoms with Gasteiger partial charge in [0.25, 0.3) is 5.91 Å². The Hall–Kier alpha value is -1.40. The summed E-state index contributed by atoms with van der Waals surface area (Å²) in [5, 5.41) is 7.77. The predicted octanol–water partition coefficient (Wildman–Crippen LogP) is 0.514. The molecule has 2 aliphatic heterocycles. The van der Waals surface area contributed by atoms with E-state index in [2.05, 4.69) is 22.4 Å². The predicted molar refractivity (Wildman–Crippen MR) is 85.6 cm³/mol. The van der Waals surface area contributed by atoms with Gasteiger partial charge in [0.15, 0.2) is 0 Å². The third kappa shape index (κ3) is 2.77. The Bertz CT molecular complexity index is 487. The van der Waals surface area contributed by atoms with Gasteiger partial charge in [0.1, 0.15) is 5.54 Å². The van der Waals surface area contributed by atoms with Gasteiger partial charge >= 0.3 is 0 Å². The van der Waals surface area contributed by atoms with Crippen LogP contribution in [-0.4, -0.2) is 71.8 Å². The quantitative estimate of drug-likeness (QED) is 0.884. The summed E-state index contributed by atoms with van der Waals surface area (Å²) < 4.78 is 1.89. The number of likely N-dealkylation sites (tertiary alicyclic amines) is 1. The number of amides is 1. The Balaban J connectivity index is 1.80. The van der Waals surface area contributed by atoms with Gasteiger partial charge < -0.3 is 15.1 Å². The van der Waals surface area contributed by atoms with Gasteiger partial charge in [0, 0.05) is 25.5 Å². The molecule has 3 heterocycles. The molecular weight excluding hydrogens is 278 g/mol. The monoisotopic (exact) mass is 305 g/mol. The van der Waals surface area contributed by atoms with Gasteiger partial charge in [-0.2, -0.15) is 5.10 Å². The lowest BCUT2D eigenvalue weighted by molar-refractivity contribution is -0.144. The third-order valence-corrected chi connectivity index (χ3v) is 5.33. The van der Waals surface area contributed by atoms with E-state index >= 15 is 0 Å². The molecule has 1 amide bonds. The summed E-state index contributed by atoms with van der Waals surface area (Å²) in [4.78, 5) is 17.7. The summed E-state index contributed by atoms with van der Waals surface area (Å²) in [7, 11) is 4.13. The minimum atomic E-state index is -0.507. The van der Waals surface area contributed by atoms with Gasteiger partial charge in [0.2, 0.25) is 0 Å². The number of carbonyl (C=O) groups excluding carboxylic acids is 1. The van der Waals surface area contributed by atoms with Crippen LogP contribution in [0.15, 0.2) is 18.5 Å². The molecule has 0 atom stereocenters. The van der Waals surface area contributed by atoms with E-state index in [1.165, 1.54) is 0 Å². The Morgan fingerprint density at radius 2 is 2.00 bits per heavy atom. The van der Waals surface area contributed by atoms with Crippen molar-refractivity contribution >= 4 is 5.91 Å². The van der Waals surface area contributed by atoms with Crippen LogP contribution in [0.3, 0.4) is 0 Å². The zero-order chi connectivity index (χ0) is 15.6. The van der Waals surface area contributed by atoms with E-state index < -0.39 is 5.54 Å². The highest BCUT2D eigenvalue weighted by Crippen LogP contribution is 2.30. The van der Waals surface area contributed by atoms with Crippen LogP contribution in [0.5, 0.6) is 0 Å². The van der Waals surface area contributed by atoms with Crippen molar-refractivity contribution in [1.29, 1.82) is 0 Å². The Kier molecular flexibility index (Phi) is 4.49. The number of piperidine rings is 2. The van der Waals surface area contributed by atoms with Crippen LogP contribution in [0.4, 0.5) is 0 Å². The zero-order valence-electron chi connectivity index (χ0n) is 13.7. The first-order valence-corrected chi connectivity index (χ1v) is 8.30. The Morgan fingerprint density at radius 3 is 2.59 bits per heavy atom. The molecule has 0 saturated carbocycles. The fourth-order valence-corrected chi connectivity index (χ4v) is 3.78. The fraction of sp³-hybridized carbons (Fsp3) is 0.750. The van der Waals surface area contributed by atoms with Gasteiger partial charge in [0.05, 0.1) is 0 Å². The standard InChI is InChI=1S/C16H27N5O/c1-19-12-4-14(5-13-19)20(2)15(22)16(6-9-17-10-7-16)21-11-3-8-18-21/h3,8,11,14,17H,4-7,9-10,12-13H2,1-2H3. The van der Waals surface area contributed by atoms with Crippen LogP contribution in [0.1, 0.15) is 25.7 Å². The van der Waals surface area contributed by atoms with E-state index in [4.69, 9.17) is 0 Å². The van der Waals surface area contributed by atoms with Gasteiger partial charge in [-0.15, -0.1) is 0 Å². The van der Waals surface area contributed by atoms with Crippen LogP contribution in [-0.2, 0) is 10.3 Å². The molecule has 122 valence electrons. The maximum atomic E-state index is 13.3. The van der Waals surface area contributed by atoms with E-state index in [0.29, 0.717) is 6.04 Å². The molecule has 0 unspecified atom stereocenters. The Morgan fingerprint density at radius 1 is 1.32 bits per heavy atom. The lowest BCUT2D eigenvalue weighted by Gasteiger charge is -2.43. The largest absolute Gasteiger partial charge is 0.341 e. The minimum Gasteiger partial charge on any atom is -0.341 e. The number of carbonyl (C=O) groups is 1. The molecule has 3 rings (SSSR count). The maximum absolute atomic E-state index is 13.3. The van der Waals surface area contributed by atoms with Crippen molar-refractivity contribution in [3.63, 3.8) is 0 Å². The molecule has 22 heavy (non-hydrogen) atoms. The van der Waals surface area contributed by atoms with E-state index in [0.717, 1.165) is 51.9 Å². The SMILES string of the molecule is CN1CCC(N(C)C(=O)C2(n3cccn3)CCNCC2)CC1. The summed E-state index contributed by atoms with van der Waals surface area (Å²) in [5.74, 6) is 0.229. The van der Waals surface area contributed by atoms with Gasteiger partial charge in [-0.1, -0.05) is 0 Å². The van der Waals surface area contributed by atoms with Gasteiger partial charge in [-0.3, -0.25) is 9.48 Å². The number of likely N-dealkylation sites (N-methyl/N-ethyl adjacent to an activating group) is 1. The highest BCUT2D eigenvalue weighted by Gasteiger charge is 2.45. The summed E-state index contributed by atoms with van der Waals surface area (Å²) in [6.07, 6.45) is 7.45. The van der Waals surface area contributed by atoms with E-state index in [9.17, 15) is 4.79 Å². The molecule has 1 N–H and O–H groups in total. The van der Waals surface area contributed by atoms with Crippen molar-refractivity contribution in [1.82, 2.24) is 24.9 Å². The molecule has 0 bridgehead atoms. The molecule has 2 aliphatic rings. The fourth-order valence-electron chi connectivity index (χ4n) is 3.78. The van der Waals surface area contributed by atoms with Crippen LogP contribution in [0.25, 0.3) is 0 Å². The number of nitrogens with one attached hydrogen (secondary N) is 1. The molecule has 1 aromatic rings. The number of nitrogens with zero attached hydrogens (tertiary/aromatic N) is 4. The lowest BCUT2D eigenvalue weighted by atomic mass is 9.86. The molecule has 2 saturated heterocycles. The third-order valence-electron chi connectivity index (χ3n) is 5.33. The average Bonchev–Trinajstić information content (AvgIpc) is 3.10. The van der Waals surface area contributed by atoms with Crippen molar-refractivity contribution in [2.75, 3.05) is 40.3 Å². The summed E-state index contributed by atoms with van der Waals surface area (Å²) in [6, 6.07) is 2.26. The first kappa shape index (κ1) is 15.5. The summed E-state index contributed by atoms with van der Waals surface area (Å²) in [6.45, 7) is 3.87. The maximum Gasteiger partial charge on any atom is 0.250 e. The summed E-state index contributed by atoms with van der Waals surface area (Å²) in [5.41, 5.74) is -0.507. The first-order valence-electron chi connectivity index (χ1n) is 8.30. The molecule has 0 aliphatic carbocycles. The van der Waals surface area contributed by atoms with Crippen LogP contribution < -0.4 is 5.32 Å². The average molecular weight is 305 g/mol. The molecule has 2 fully saturated rings. The number of hydrogen-bond acceptors (Lipinski definition) is 4. The Labute approximate surface area is 132 Å². The molecule has 0 spiro atoms. The van der Waals surface area contributed by atoms with Crippen LogP contribution >= 0.6 is 0 Å². The lowest BCUT2D eigenvalue weighted by Crippen LogP contribution is -2.57.